The molecule has 0 saturated carbocycles. The molecule has 1 unspecified atom stereocenters. The number of hydrogen-bond acceptors (Lipinski definition) is 13. The molecule has 1 fully saturated rings. The zero-order valence-corrected chi connectivity index (χ0v) is 26.2. The van der Waals surface area contributed by atoms with Gasteiger partial charge in [-0.2, -0.15) is 0 Å². The number of nitrogens with zero attached hydrogens (tertiary/aromatic N) is 4. The number of aliphatic hydroxyl groups excluding tert-OH is 1. The second-order valence-electron chi connectivity index (χ2n) is 11.1. The molecule has 0 spiro atoms. The third-order valence-corrected chi connectivity index (χ3v) is 9.44. The van der Waals surface area contributed by atoms with Crippen molar-refractivity contribution in [1.82, 2.24) is 15.3 Å². The number of thioether (sulfide) groups is 1. The van der Waals surface area contributed by atoms with Crippen LogP contribution in [-0.4, -0.2) is 73.8 Å². The molecule has 17 heteroatoms. The Morgan fingerprint density at radius 2 is 1.57 bits per heavy atom. The summed E-state index contributed by atoms with van der Waals surface area (Å²) in [6, 6.07) is 10.6. The first kappa shape index (κ1) is 33.4. The maximum Gasteiger partial charge on any atom is 0.415 e. The lowest BCUT2D eigenvalue weighted by Crippen LogP contribution is -2.63. The van der Waals surface area contributed by atoms with Gasteiger partial charge in [0, 0.05) is 46.9 Å². The van der Waals surface area contributed by atoms with E-state index in [1.165, 1.54) is 84.1 Å². The number of fused-ring (bicyclic) bond motifs is 1. The van der Waals surface area contributed by atoms with Gasteiger partial charge in [0.25, 0.3) is 11.4 Å². The highest BCUT2D eigenvalue weighted by Crippen LogP contribution is 2.52. The van der Waals surface area contributed by atoms with Crippen LogP contribution >= 0.6 is 11.8 Å². The lowest BCUT2D eigenvalue weighted by molar-refractivity contribution is -0.385. The molecule has 3 aliphatic rings. The maximum absolute atomic E-state index is 13.5. The first-order valence-corrected chi connectivity index (χ1v) is 15.3. The van der Waals surface area contributed by atoms with Gasteiger partial charge in [-0.25, -0.2) is 9.59 Å². The van der Waals surface area contributed by atoms with Crippen LogP contribution < -0.4 is 5.48 Å². The van der Waals surface area contributed by atoms with Gasteiger partial charge in [0.1, 0.15) is 24.7 Å². The number of nitrogens with one attached hydrogen (secondary N) is 1. The Balaban J connectivity index is 1.32. The minimum atomic E-state index is -0.946. The van der Waals surface area contributed by atoms with Crippen molar-refractivity contribution in [3.8, 4) is 0 Å². The number of aliphatic hydroxyl groups is 1. The smallest absolute Gasteiger partial charge is 0.415 e. The molecular formula is C30H31N5O11S. The van der Waals surface area contributed by atoms with Crippen molar-refractivity contribution in [3.05, 3.63) is 102 Å². The number of esters is 1. The predicted molar refractivity (Wildman–Crippen MR) is 164 cm³/mol. The van der Waals surface area contributed by atoms with Crippen molar-refractivity contribution in [1.29, 1.82) is 0 Å². The third-order valence-electron chi connectivity index (χ3n) is 8.03. The number of β-lactam (4-membered cyclic amide) rings is 1. The van der Waals surface area contributed by atoms with Crippen LogP contribution in [0.3, 0.4) is 0 Å². The van der Waals surface area contributed by atoms with E-state index in [0.717, 1.165) is 0 Å². The molecule has 2 amide bonds. The van der Waals surface area contributed by atoms with Crippen LogP contribution in [0.5, 0.6) is 0 Å². The number of carbonyl (C=O) groups excluding carboxylic acids is 3. The second-order valence-corrected chi connectivity index (χ2v) is 12.4. The van der Waals surface area contributed by atoms with Crippen LogP contribution in [0.1, 0.15) is 25.0 Å². The standard InChI is InChI=1S/C30H31N5O11S/c1-16-25-24(17(2)36)28(37)33(25)26(29(38)45-14-18-4-8-20(9-5-18)34(40)41)27(16)47-22-12-23(31-44-3)32(13-22)30(39)46-15-19-6-10-21(11-7-19)35(42)43/h4-12,16-17,22,24-25,31,36H,13-15H2,1-3H3/t16-,17?,22+,24-,25-/m1/s1. The fourth-order valence-corrected chi connectivity index (χ4v) is 7.13. The summed E-state index contributed by atoms with van der Waals surface area (Å²) in [5, 5.41) is 31.8. The molecular weight excluding hydrogens is 638 g/mol. The Hall–Kier alpha value is -5.00. The van der Waals surface area contributed by atoms with Crippen LogP contribution in [0.15, 0.2) is 71.0 Å². The Morgan fingerprint density at radius 1 is 1.02 bits per heavy atom. The van der Waals surface area contributed by atoms with E-state index in [9.17, 15) is 39.7 Å². The average Bonchev–Trinajstić information content (AvgIpc) is 3.55. The van der Waals surface area contributed by atoms with Gasteiger partial charge in [0.2, 0.25) is 5.91 Å². The molecule has 3 aliphatic heterocycles. The van der Waals surface area contributed by atoms with Gasteiger partial charge in [-0.3, -0.25) is 40.2 Å². The Morgan fingerprint density at radius 3 is 2.09 bits per heavy atom. The molecule has 3 heterocycles. The zero-order chi connectivity index (χ0) is 34.0. The van der Waals surface area contributed by atoms with Crippen molar-refractivity contribution in [2.45, 2.75) is 44.5 Å². The number of amides is 2. The van der Waals surface area contributed by atoms with E-state index in [0.29, 0.717) is 16.0 Å². The van der Waals surface area contributed by atoms with Gasteiger partial charge >= 0.3 is 12.1 Å². The molecule has 1 saturated heterocycles. The van der Waals surface area contributed by atoms with Crippen molar-refractivity contribution >= 4 is 41.1 Å². The van der Waals surface area contributed by atoms with E-state index in [-0.39, 0.29) is 48.6 Å². The maximum atomic E-state index is 13.5. The monoisotopic (exact) mass is 669 g/mol. The molecule has 0 bridgehead atoms. The number of nitro benzene ring substituents is 2. The number of non-ortho nitro benzene ring substituents is 2. The quantitative estimate of drug-likeness (QED) is 0.144. The molecule has 0 radical (unpaired) electrons. The molecule has 47 heavy (non-hydrogen) atoms. The first-order valence-electron chi connectivity index (χ1n) is 14.4. The predicted octanol–water partition coefficient (Wildman–Crippen LogP) is 3.36. The van der Waals surface area contributed by atoms with Crippen molar-refractivity contribution < 1.29 is 43.6 Å². The van der Waals surface area contributed by atoms with Crippen LogP contribution in [0.2, 0.25) is 0 Å². The lowest BCUT2D eigenvalue weighted by atomic mass is 9.79. The van der Waals surface area contributed by atoms with Gasteiger partial charge in [-0.15, -0.1) is 11.8 Å². The minimum Gasteiger partial charge on any atom is -0.456 e. The number of nitro groups is 2. The fraction of sp³-hybridized carbons (Fsp3) is 0.367. The lowest BCUT2D eigenvalue weighted by Gasteiger charge is -2.46. The summed E-state index contributed by atoms with van der Waals surface area (Å²) in [6.07, 6.45) is 0.0501. The van der Waals surface area contributed by atoms with E-state index in [1.54, 1.807) is 6.08 Å². The molecule has 2 aromatic rings. The first-order chi connectivity index (χ1) is 22.4. The van der Waals surface area contributed by atoms with Gasteiger partial charge < -0.3 is 19.5 Å². The van der Waals surface area contributed by atoms with Crippen LogP contribution in [0, 0.1) is 32.1 Å². The normalized spacial score (nSPS) is 22.3. The molecule has 0 aliphatic carbocycles. The van der Waals surface area contributed by atoms with E-state index < -0.39 is 51.1 Å². The van der Waals surface area contributed by atoms with Crippen LogP contribution in [0.4, 0.5) is 16.2 Å². The summed E-state index contributed by atoms with van der Waals surface area (Å²) in [7, 11) is 1.37. The topological polar surface area (TPSA) is 204 Å². The summed E-state index contributed by atoms with van der Waals surface area (Å²) in [4.78, 5) is 68.8. The highest BCUT2D eigenvalue weighted by molar-refractivity contribution is 8.03. The summed E-state index contributed by atoms with van der Waals surface area (Å²) in [5.74, 6) is -1.96. The van der Waals surface area contributed by atoms with Gasteiger partial charge in [-0.1, -0.05) is 6.92 Å². The van der Waals surface area contributed by atoms with E-state index in [2.05, 4.69) is 5.48 Å². The van der Waals surface area contributed by atoms with E-state index in [4.69, 9.17) is 14.3 Å². The van der Waals surface area contributed by atoms with Gasteiger partial charge in [0.05, 0.1) is 35.0 Å². The Bertz CT molecular complexity index is 1640. The summed E-state index contributed by atoms with van der Waals surface area (Å²) >= 11 is 1.26. The van der Waals surface area contributed by atoms with Crippen molar-refractivity contribution in [2.24, 2.45) is 11.8 Å². The number of hydrogen-bond donors (Lipinski definition) is 2. The Labute approximate surface area is 272 Å². The SMILES string of the molecule is CONC1=C[C@H](SC2=C(C(=O)OCc3ccc([N+](=O)[O-])cc3)N3C(=O)[C@H](C(C)O)[C@H]3[C@H]2C)CN1C(=O)OCc1ccc([N+](=O)[O-])cc1. The molecule has 2 aromatic carbocycles. The van der Waals surface area contributed by atoms with Crippen molar-refractivity contribution in [3.63, 3.8) is 0 Å². The van der Waals surface area contributed by atoms with Gasteiger partial charge in [0.15, 0.2) is 0 Å². The highest BCUT2D eigenvalue weighted by Gasteiger charge is 2.60. The highest BCUT2D eigenvalue weighted by atomic mass is 32.2. The molecule has 5 atom stereocenters. The van der Waals surface area contributed by atoms with Crippen LogP contribution in [0.25, 0.3) is 0 Å². The molecule has 248 valence electrons. The summed E-state index contributed by atoms with van der Waals surface area (Å²) in [5.41, 5.74) is 3.55. The molecule has 2 N–H and O–H groups in total. The average molecular weight is 670 g/mol. The molecule has 5 rings (SSSR count). The summed E-state index contributed by atoms with van der Waals surface area (Å²) in [6.45, 7) is 3.14. The second kappa shape index (κ2) is 13.8. The molecule has 0 aromatic heterocycles. The third kappa shape index (κ3) is 6.77. The van der Waals surface area contributed by atoms with Crippen molar-refractivity contribution in [2.75, 3.05) is 13.7 Å². The zero-order valence-electron chi connectivity index (χ0n) is 25.4. The number of ether oxygens (including phenoxy) is 2. The van der Waals surface area contributed by atoms with E-state index >= 15 is 0 Å². The number of benzene rings is 2. The minimum absolute atomic E-state index is 0.0464. The summed E-state index contributed by atoms with van der Waals surface area (Å²) < 4.78 is 11.0. The largest absolute Gasteiger partial charge is 0.456 e. The van der Waals surface area contributed by atoms with Gasteiger partial charge in [-0.05, 0) is 48.4 Å². The number of carbonyl (C=O) groups is 3. The van der Waals surface area contributed by atoms with E-state index in [1.807, 2.05) is 6.92 Å². The Kier molecular flexibility index (Phi) is 9.78. The number of hydroxylamine groups is 1. The fourth-order valence-electron chi connectivity index (χ4n) is 5.74. The molecule has 16 nitrogen and oxygen atoms in total. The van der Waals surface area contributed by atoms with Crippen LogP contribution in [-0.2, 0) is 37.1 Å². The number of rotatable bonds is 12.